The molecule has 1 N–H and O–H groups in total. The van der Waals surface area contributed by atoms with Gasteiger partial charge in [0.05, 0.1) is 11.4 Å². The highest BCUT2D eigenvalue weighted by Crippen LogP contribution is 2.32. The lowest BCUT2D eigenvalue weighted by Gasteiger charge is -2.10. The molecule has 1 amide bonds. The van der Waals surface area contributed by atoms with Gasteiger partial charge in [-0.2, -0.15) is 0 Å². The predicted molar refractivity (Wildman–Crippen MR) is 105 cm³/mol. The van der Waals surface area contributed by atoms with E-state index in [1.165, 1.54) is 11.8 Å². The lowest BCUT2D eigenvalue weighted by molar-refractivity contribution is -0.113. The molecule has 4 nitrogen and oxygen atoms in total. The van der Waals surface area contributed by atoms with E-state index < -0.39 is 0 Å². The molecule has 0 spiro atoms. The number of hydrogen-bond acceptors (Lipinski definition) is 4. The summed E-state index contributed by atoms with van der Waals surface area (Å²) in [6.07, 6.45) is 0. The molecule has 0 aliphatic heterocycles. The van der Waals surface area contributed by atoms with Gasteiger partial charge in [0.15, 0.2) is 5.58 Å². The Hall–Kier alpha value is -1.02. The summed E-state index contributed by atoms with van der Waals surface area (Å²) in [5.41, 5.74) is 3.11. The maximum Gasteiger partial charge on any atom is 0.257 e. The number of thioether (sulfide) groups is 1. The van der Waals surface area contributed by atoms with Crippen LogP contribution in [0.4, 0.5) is 5.69 Å². The number of nitrogens with one attached hydrogen (secondary N) is 1. The molecule has 124 valence electrons. The largest absolute Gasteiger partial charge is 0.431 e. The third-order valence-electron chi connectivity index (χ3n) is 3.11. The van der Waals surface area contributed by atoms with Crippen molar-refractivity contribution in [3.8, 4) is 0 Å². The summed E-state index contributed by atoms with van der Waals surface area (Å²) in [6.45, 7) is 1.98. The molecule has 0 unspecified atom stereocenters. The Morgan fingerprint density at radius 2 is 2.00 bits per heavy atom. The van der Waals surface area contributed by atoms with Gasteiger partial charge in [-0.1, -0.05) is 23.4 Å². The number of nitrogens with zero attached hydrogens (tertiary/aromatic N) is 1. The van der Waals surface area contributed by atoms with Crippen molar-refractivity contribution in [3.05, 3.63) is 49.9 Å². The number of aromatic nitrogens is 1. The second-order valence-corrected chi connectivity index (χ2v) is 8.10. The maximum absolute atomic E-state index is 12.2. The van der Waals surface area contributed by atoms with Crippen LogP contribution in [0.1, 0.15) is 5.56 Å². The van der Waals surface area contributed by atoms with Crippen LogP contribution in [0.5, 0.6) is 0 Å². The van der Waals surface area contributed by atoms with Crippen LogP contribution in [-0.4, -0.2) is 16.6 Å². The first-order chi connectivity index (χ1) is 11.4. The Labute approximate surface area is 164 Å². The zero-order valence-corrected chi connectivity index (χ0v) is 17.1. The SMILES string of the molecule is Cc1cc(Br)c(NC(=O)CSc2nc3ccc(Cl)cc3o2)c(Br)c1. The second kappa shape index (κ2) is 7.47. The summed E-state index contributed by atoms with van der Waals surface area (Å²) in [5.74, 6) is 0.0402. The van der Waals surface area contributed by atoms with Gasteiger partial charge in [0.25, 0.3) is 5.22 Å². The Kier molecular flexibility index (Phi) is 5.54. The Morgan fingerprint density at radius 3 is 2.71 bits per heavy atom. The van der Waals surface area contributed by atoms with Crippen LogP contribution in [0.3, 0.4) is 0 Å². The zero-order chi connectivity index (χ0) is 17.3. The average Bonchev–Trinajstić information content (AvgIpc) is 2.90. The molecule has 0 fully saturated rings. The highest BCUT2D eigenvalue weighted by atomic mass is 79.9. The average molecular weight is 491 g/mol. The minimum atomic E-state index is -0.148. The molecular weight excluding hydrogens is 480 g/mol. The minimum absolute atomic E-state index is 0.148. The predicted octanol–water partition coefficient (Wildman–Crippen LogP) is 6.05. The fraction of sp³-hybridized carbons (Fsp3) is 0.125. The number of halogens is 3. The van der Waals surface area contributed by atoms with Gasteiger partial charge < -0.3 is 9.73 Å². The number of oxazole rings is 1. The van der Waals surface area contributed by atoms with E-state index in [1.807, 2.05) is 19.1 Å². The zero-order valence-electron chi connectivity index (χ0n) is 12.4. The van der Waals surface area contributed by atoms with Crippen LogP contribution in [0.2, 0.25) is 5.02 Å². The highest BCUT2D eigenvalue weighted by Gasteiger charge is 2.13. The van der Waals surface area contributed by atoms with Crippen LogP contribution < -0.4 is 5.32 Å². The van der Waals surface area contributed by atoms with E-state index >= 15 is 0 Å². The summed E-state index contributed by atoms with van der Waals surface area (Å²) in [5, 5.41) is 3.89. The van der Waals surface area contributed by atoms with Crippen molar-refractivity contribution >= 4 is 77.9 Å². The second-order valence-electron chi connectivity index (χ2n) is 5.03. The number of aryl methyl sites for hydroxylation is 1. The van der Waals surface area contributed by atoms with Gasteiger partial charge in [0, 0.05) is 20.0 Å². The number of amides is 1. The molecule has 8 heteroatoms. The molecule has 3 rings (SSSR count). The van der Waals surface area contributed by atoms with E-state index in [-0.39, 0.29) is 11.7 Å². The molecule has 0 saturated heterocycles. The Balaban J connectivity index is 1.67. The van der Waals surface area contributed by atoms with Crippen molar-refractivity contribution in [2.24, 2.45) is 0 Å². The van der Waals surface area contributed by atoms with Gasteiger partial charge in [0.1, 0.15) is 5.52 Å². The number of hydrogen-bond donors (Lipinski definition) is 1. The monoisotopic (exact) mass is 488 g/mol. The third kappa shape index (κ3) is 4.14. The number of benzene rings is 2. The summed E-state index contributed by atoms with van der Waals surface area (Å²) >= 11 is 14.1. The van der Waals surface area contributed by atoms with Crippen LogP contribution in [0.15, 0.2) is 48.9 Å². The van der Waals surface area contributed by atoms with Gasteiger partial charge >= 0.3 is 0 Å². The fourth-order valence-corrected chi connectivity index (χ4v) is 4.48. The number of fused-ring (bicyclic) bond motifs is 1. The molecule has 2 aromatic carbocycles. The molecule has 0 bridgehead atoms. The summed E-state index contributed by atoms with van der Waals surface area (Å²) in [6, 6.07) is 9.12. The van der Waals surface area contributed by atoms with E-state index in [0.717, 1.165) is 14.5 Å². The highest BCUT2D eigenvalue weighted by molar-refractivity contribution is 9.11. The van der Waals surface area contributed by atoms with Crippen LogP contribution in [-0.2, 0) is 4.79 Å². The summed E-state index contributed by atoms with van der Waals surface area (Å²) < 4.78 is 7.23. The summed E-state index contributed by atoms with van der Waals surface area (Å²) in [4.78, 5) is 16.5. The number of carbonyl (C=O) groups excluding carboxylic acids is 1. The molecule has 1 aromatic heterocycles. The van der Waals surface area contributed by atoms with Gasteiger partial charge in [-0.15, -0.1) is 0 Å². The van der Waals surface area contributed by atoms with Crippen molar-refractivity contribution in [2.75, 3.05) is 11.1 Å². The van der Waals surface area contributed by atoms with Crippen molar-refractivity contribution in [1.29, 1.82) is 0 Å². The van der Waals surface area contributed by atoms with Crippen LogP contribution in [0.25, 0.3) is 11.1 Å². The first kappa shape index (κ1) is 17.8. The smallest absolute Gasteiger partial charge is 0.257 e. The van der Waals surface area contributed by atoms with Crippen molar-refractivity contribution < 1.29 is 9.21 Å². The molecule has 0 aliphatic carbocycles. The number of rotatable bonds is 4. The molecule has 24 heavy (non-hydrogen) atoms. The molecule has 0 saturated carbocycles. The first-order valence-corrected chi connectivity index (χ1v) is 9.82. The van der Waals surface area contributed by atoms with Gasteiger partial charge in [-0.05, 0) is 68.6 Å². The van der Waals surface area contributed by atoms with E-state index in [9.17, 15) is 4.79 Å². The maximum atomic E-state index is 12.2. The van der Waals surface area contributed by atoms with Crippen molar-refractivity contribution in [3.63, 3.8) is 0 Å². The quantitative estimate of drug-likeness (QED) is 0.453. The Bertz CT molecular complexity index is 907. The van der Waals surface area contributed by atoms with Gasteiger partial charge in [-0.3, -0.25) is 4.79 Å². The van der Waals surface area contributed by atoms with E-state index in [4.69, 9.17) is 16.0 Å². The van der Waals surface area contributed by atoms with Crippen LogP contribution >= 0.6 is 55.2 Å². The topological polar surface area (TPSA) is 55.1 Å². The first-order valence-electron chi connectivity index (χ1n) is 6.87. The molecular formula is C16H11Br2ClN2O2S. The number of anilines is 1. The number of carbonyl (C=O) groups is 1. The molecule has 3 aromatic rings. The molecule has 0 atom stereocenters. The van der Waals surface area contributed by atoms with Crippen molar-refractivity contribution in [2.45, 2.75) is 12.1 Å². The molecule has 0 aliphatic rings. The molecule has 0 radical (unpaired) electrons. The lowest BCUT2D eigenvalue weighted by Crippen LogP contribution is -2.15. The standard InChI is InChI=1S/C16H11Br2ClN2O2S/c1-8-4-10(17)15(11(18)5-8)21-14(22)7-24-16-20-12-3-2-9(19)6-13(12)23-16/h2-6H,7H2,1H3,(H,21,22). The normalized spacial score (nSPS) is 11.0. The minimum Gasteiger partial charge on any atom is -0.431 e. The van der Waals surface area contributed by atoms with Gasteiger partial charge in [-0.25, -0.2) is 4.98 Å². The third-order valence-corrected chi connectivity index (χ3v) is 5.42. The Morgan fingerprint density at radius 1 is 1.29 bits per heavy atom. The van der Waals surface area contributed by atoms with Gasteiger partial charge in [0.2, 0.25) is 5.91 Å². The van der Waals surface area contributed by atoms with E-state index in [2.05, 4.69) is 42.2 Å². The van der Waals surface area contributed by atoms with Crippen LogP contribution in [0, 0.1) is 6.92 Å². The van der Waals surface area contributed by atoms with E-state index in [0.29, 0.717) is 27.0 Å². The summed E-state index contributed by atoms with van der Waals surface area (Å²) in [7, 11) is 0. The van der Waals surface area contributed by atoms with Crippen molar-refractivity contribution in [1.82, 2.24) is 4.98 Å². The molecule has 1 heterocycles. The van der Waals surface area contributed by atoms with E-state index in [1.54, 1.807) is 18.2 Å². The fourth-order valence-electron chi connectivity index (χ4n) is 2.06. The lowest BCUT2D eigenvalue weighted by atomic mass is 10.2.